The van der Waals surface area contributed by atoms with E-state index < -0.39 is 5.41 Å². The van der Waals surface area contributed by atoms with E-state index in [0.29, 0.717) is 29.1 Å². The predicted molar refractivity (Wildman–Crippen MR) is 102 cm³/mol. The Balaban J connectivity index is 1.34. The molecular formula is C19H23Cl2NO3S. The van der Waals surface area contributed by atoms with Gasteiger partial charge in [-0.2, -0.15) is 0 Å². The Morgan fingerprint density at radius 1 is 1.27 bits per heavy atom. The van der Waals surface area contributed by atoms with Gasteiger partial charge >= 0.3 is 5.97 Å². The van der Waals surface area contributed by atoms with E-state index in [1.807, 2.05) is 12.1 Å². The first-order valence-electron chi connectivity index (χ1n) is 9.11. The summed E-state index contributed by atoms with van der Waals surface area (Å²) in [7, 11) is 1.71. The largest absolute Gasteiger partial charge is 0.455 e. The molecule has 0 aliphatic heterocycles. The Morgan fingerprint density at radius 2 is 1.96 bits per heavy atom. The molecule has 7 heteroatoms. The van der Waals surface area contributed by atoms with Crippen LogP contribution in [0.5, 0.6) is 0 Å². The summed E-state index contributed by atoms with van der Waals surface area (Å²) in [4.78, 5) is 27.5. The van der Waals surface area contributed by atoms with Crippen LogP contribution in [-0.4, -0.2) is 35.3 Å². The van der Waals surface area contributed by atoms with Crippen LogP contribution in [0.3, 0.4) is 0 Å². The lowest BCUT2D eigenvalue weighted by molar-refractivity contribution is -0.173. The summed E-state index contributed by atoms with van der Waals surface area (Å²) in [6.07, 6.45) is 5.67. The molecule has 2 atom stereocenters. The molecule has 1 heterocycles. The van der Waals surface area contributed by atoms with E-state index in [2.05, 4.69) is 0 Å². The summed E-state index contributed by atoms with van der Waals surface area (Å²) < 4.78 is 6.18. The number of ether oxygens (including phenoxy) is 1. The van der Waals surface area contributed by atoms with E-state index in [1.54, 1.807) is 11.9 Å². The number of thiophene rings is 1. The van der Waals surface area contributed by atoms with Crippen molar-refractivity contribution < 1.29 is 14.3 Å². The summed E-state index contributed by atoms with van der Waals surface area (Å²) >= 11 is 14.1. The second-order valence-electron chi connectivity index (χ2n) is 8.42. The molecule has 4 aliphatic rings. The first-order chi connectivity index (χ1) is 12.3. The van der Waals surface area contributed by atoms with Crippen molar-refractivity contribution in [1.29, 1.82) is 0 Å². The van der Waals surface area contributed by atoms with Gasteiger partial charge in [-0.15, -0.1) is 22.9 Å². The maximum absolute atomic E-state index is 12.9. The van der Waals surface area contributed by atoms with Gasteiger partial charge in [-0.25, -0.2) is 0 Å². The number of esters is 1. The molecule has 0 aromatic carbocycles. The molecule has 4 aliphatic carbocycles. The molecule has 2 unspecified atom stereocenters. The molecule has 1 amide bonds. The van der Waals surface area contributed by atoms with Crippen molar-refractivity contribution in [2.75, 3.05) is 13.7 Å². The third kappa shape index (κ3) is 3.50. The predicted octanol–water partition coefficient (Wildman–Crippen LogP) is 4.48. The standard InChI is InChI=1S/C19H23Cl2NO3S/c1-22(9-14-2-3-15(20)26-14)16(23)10-25-17(24)18-5-12-4-13(6-18)8-19(21,7-12)11-18/h2-3,12-13H,4-11H2,1H3. The number of halogens is 2. The van der Waals surface area contributed by atoms with Gasteiger partial charge in [0.1, 0.15) is 0 Å². The fourth-order valence-electron chi connectivity index (χ4n) is 5.54. The van der Waals surface area contributed by atoms with Crippen LogP contribution < -0.4 is 0 Å². The molecule has 5 rings (SSSR count). The molecule has 1 aromatic rings. The molecule has 26 heavy (non-hydrogen) atoms. The summed E-state index contributed by atoms with van der Waals surface area (Å²) in [6, 6.07) is 3.72. The number of hydrogen-bond acceptors (Lipinski definition) is 4. The minimum Gasteiger partial charge on any atom is -0.455 e. The Bertz CT molecular complexity index is 720. The third-order valence-corrected chi connectivity index (χ3v) is 7.86. The monoisotopic (exact) mass is 415 g/mol. The van der Waals surface area contributed by atoms with Crippen LogP contribution in [-0.2, 0) is 20.9 Å². The fourth-order valence-corrected chi connectivity index (χ4v) is 7.37. The van der Waals surface area contributed by atoms with E-state index in [1.165, 1.54) is 17.8 Å². The Morgan fingerprint density at radius 3 is 2.54 bits per heavy atom. The highest BCUT2D eigenvalue weighted by Gasteiger charge is 2.60. The molecular weight excluding hydrogens is 393 g/mol. The van der Waals surface area contributed by atoms with Crippen LogP contribution in [0.25, 0.3) is 0 Å². The molecule has 0 spiro atoms. The van der Waals surface area contributed by atoms with Gasteiger partial charge in [0, 0.05) is 16.8 Å². The van der Waals surface area contributed by atoms with E-state index in [4.69, 9.17) is 27.9 Å². The van der Waals surface area contributed by atoms with E-state index in [9.17, 15) is 9.59 Å². The zero-order valence-electron chi connectivity index (χ0n) is 14.8. The maximum Gasteiger partial charge on any atom is 0.312 e. The molecule has 4 bridgehead atoms. The van der Waals surface area contributed by atoms with Crippen LogP contribution in [0, 0.1) is 17.3 Å². The summed E-state index contributed by atoms with van der Waals surface area (Å²) in [5.74, 6) is 0.636. The molecule has 4 nitrogen and oxygen atoms in total. The Labute approximate surface area is 167 Å². The van der Waals surface area contributed by atoms with E-state index in [0.717, 1.165) is 30.6 Å². The van der Waals surface area contributed by atoms with Gasteiger partial charge in [0.15, 0.2) is 6.61 Å². The average molecular weight is 416 g/mol. The highest BCUT2D eigenvalue weighted by molar-refractivity contribution is 7.16. The second kappa shape index (κ2) is 6.68. The van der Waals surface area contributed by atoms with Crippen molar-refractivity contribution in [2.45, 2.75) is 49.9 Å². The zero-order chi connectivity index (χ0) is 18.5. The third-order valence-electron chi connectivity index (χ3n) is 6.20. The van der Waals surface area contributed by atoms with Crippen molar-refractivity contribution in [1.82, 2.24) is 4.90 Å². The molecule has 0 radical (unpaired) electrons. The summed E-state index contributed by atoms with van der Waals surface area (Å²) in [6.45, 7) is 0.259. The molecule has 142 valence electrons. The van der Waals surface area contributed by atoms with Crippen molar-refractivity contribution in [3.63, 3.8) is 0 Å². The van der Waals surface area contributed by atoms with Crippen molar-refractivity contribution >= 4 is 46.4 Å². The Hall–Kier alpha value is -0.780. The van der Waals surface area contributed by atoms with Crippen molar-refractivity contribution in [3.05, 3.63) is 21.3 Å². The maximum atomic E-state index is 12.9. The van der Waals surface area contributed by atoms with Gasteiger partial charge in [0.2, 0.25) is 0 Å². The molecule has 4 saturated carbocycles. The van der Waals surface area contributed by atoms with Crippen LogP contribution in [0.15, 0.2) is 12.1 Å². The van der Waals surface area contributed by atoms with Crippen molar-refractivity contribution in [2.24, 2.45) is 17.3 Å². The number of nitrogens with zero attached hydrogens (tertiary/aromatic N) is 1. The average Bonchev–Trinajstić information content (AvgIpc) is 2.94. The topological polar surface area (TPSA) is 46.6 Å². The minimum absolute atomic E-state index is 0.201. The molecule has 0 saturated heterocycles. The van der Waals surface area contributed by atoms with E-state index >= 15 is 0 Å². The minimum atomic E-state index is -0.466. The van der Waals surface area contributed by atoms with Crippen molar-refractivity contribution in [3.8, 4) is 0 Å². The van der Waals surface area contributed by atoms with Gasteiger partial charge < -0.3 is 9.64 Å². The van der Waals surface area contributed by atoms with Crippen LogP contribution in [0.2, 0.25) is 4.34 Å². The lowest BCUT2D eigenvalue weighted by Crippen LogP contribution is -2.56. The number of carbonyl (C=O) groups excluding carboxylic acids is 2. The molecule has 0 N–H and O–H groups in total. The highest BCUT2D eigenvalue weighted by Crippen LogP contribution is 2.64. The number of hydrogen-bond donors (Lipinski definition) is 0. The van der Waals surface area contributed by atoms with Gasteiger partial charge in [-0.05, 0) is 62.5 Å². The van der Waals surface area contributed by atoms with Crippen LogP contribution in [0.4, 0.5) is 0 Å². The normalized spacial score (nSPS) is 34.7. The number of alkyl halides is 1. The second-order valence-corrected chi connectivity index (χ2v) is 11.0. The molecule has 4 fully saturated rings. The van der Waals surface area contributed by atoms with E-state index in [-0.39, 0.29) is 23.4 Å². The SMILES string of the molecule is CN(Cc1ccc(Cl)s1)C(=O)COC(=O)C12CC3CC(CC(Cl)(C3)C1)C2. The Kier molecular flexibility index (Phi) is 4.77. The van der Waals surface area contributed by atoms with Crippen LogP contribution in [0.1, 0.15) is 43.4 Å². The number of amides is 1. The number of carbonyl (C=O) groups is 2. The van der Waals surface area contributed by atoms with Gasteiger partial charge in [-0.1, -0.05) is 11.6 Å². The fraction of sp³-hybridized carbons (Fsp3) is 0.684. The van der Waals surface area contributed by atoms with Gasteiger partial charge in [-0.3, -0.25) is 9.59 Å². The highest BCUT2D eigenvalue weighted by atomic mass is 35.5. The smallest absolute Gasteiger partial charge is 0.312 e. The van der Waals surface area contributed by atoms with Gasteiger partial charge in [0.05, 0.1) is 16.3 Å². The number of rotatable bonds is 5. The van der Waals surface area contributed by atoms with Gasteiger partial charge in [0.25, 0.3) is 5.91 Å². The quantitative estimate of drug-likeness (QED) is 0.525. The summed E-state index contributed by atoms with van der Waals surface area (Å²) in [5, 5.41) is 0. The number of likely N-dealkylation sites (N-methyl/N-ethyl adjacent to an activating group) is 1. The summed E-state index contributed by atoms with van der Waals surface area (Å²) in [5.41, 5.74) is -0.466. The van der Waals surface area contributed by atoms with Crippen LogP contribution >= 0.6 is 34.5 Å². The first-order valence-corrected chi connectivity index (χ1v) is 10.7. The zero-order valence-corrected chi connectivity index (χ0v) is 17.1. The molecule has 1 aromatic heterocycles. The lowest BCUT2D eigenvalue weighted by atomic mass is 9.49. The first kappa shape index (κ1) is 18.6. The lowest BCUT2D eigenvalue weighted by Gasteiger charge is -2.58.